The van der Waals surface area contributed by atoms with Crippen LogP contribution in [0.2, 0.25) is 0 Å². The number of urea groups is 1. The molecule has 5 nitrogen and oxygen atoms in total. The molecule has 0 unspecified atom stereocenters. The summed E-state index contributed by atoms with van der Waals surface area (Å²) in [5.41, 5.74) is -0.0348. The minimum absolute atomic E-state index is 0.0658. The first kappa shape index (κ1) is 13.9. The topological polar surface area (TPSA) is 69.6 Å². The van der Waals surface area contributed by atoms with Crippen molar-refractivity contribution in [2.24, 2.45) is 0 Å². The van der Waals surface area contributed by atoms with Crippen molar-refractivity contribution < 1.29 is 23.5 Å². The van der Waals surface area contributed by atoms with Gasteiger partial charge in [-0.15, -0.1) is 0 Å². The molecule has 0 heterocycles. The predicted octanol–water partition coefficient (Wildman–Crippen LogP) is 2.11. The Kier molecular flexibility index (Phi) is 4.59. The van der Waals surface area contributed by atoms with Gasteiger partial charge in [0.2, 0.25) is 0 Å². The quantitative estimate of drug-likeness (QED) is 0.869. The number of benzene rings is 1. The van der Waals surface area contributed by atoms with Gasteiger partial charge in [0.05, 0.1) is 17.8 Å². The Hall–Kier alpha value is -2.18. The SMILES string of the molecule is CN(CC(F)F)C(=O)Nc1ccccc1C(=O)O. The molecule has 18 heavy (non-hydrogen) atoms. The van der Waals surface area contributed by atoms with Crippen molar-refractivity contribution in [1.29, 1.82) is 0 Å². The Morgan fingerprint density at radius 3 is 2.56 bits per heavy atom. The summed E-state index contributed by atoms with van der Waals surface area (Å²) in [6, 6.07) is 4.95. The van der Waals surface area contributed by atoms with E-state index in [-0.39, 0.29) is 11.3 Å². The van der Waals surface area contributed by atoms with E-state index in [9.17, 15) is 18.4 Å². The average Bonchev–Trinajstić information content (AvgIpc) is 2.28. The molecule has 1 aromatic carbocycles. The lowest BCUT2D eigenvalue weighted by atomic mass is 10.2. The van der Waals surface area contributed by atoms with Crippen LogP contribution in [-0.4, -0.2) is 42.0 Å². The number of carboxylic acids is 1. The molecule has 0 saturated carbocycles. The van der Waals surface area contributed by atoms with E-state index >= 15 is 0 Å². The molecule has 1 rings (SSSR count). The third kappa shape index (κ3) is 3.69. The first-order valence-electron chi connectivity index (χ1n) is 5.04. The first-order valence-corrected chi connectivity index (χ1v) is 5.04. The fraction of sp³-hybridized carbons (Fsp3) is 0.273. The van der Waals surface area contributed by atoms with Crippen LogP contribution in [0.3, 0.4) is 0 Å². The van der Waals surface area contributed by atoms with Gasteiger partial charge in [0, 0.05) is 7.05 Å². The Morgan fingerprint density at radius 1 is 1.39 bits per heavy atom. The zero-order valence-corrected chi connectivity index (χ0v) is 9.56. The fourth-order valence-corrected chi connectivity index (χ4v) is 1.28. The third-order valence-corrected chi connectivity index (χ3v) is 2.16. The lowest BCUT2D eigenvalue weighted by Gasteiger charge is -2.18. The minimum atomic E-state index is -2.64. The fourth-order valence-electron chi connectivity index (χ4n) is 1.28. The van der Waals surface area contributed by atoms with Gasteiger partial charge in [0.1, 0.15) is 0 Å². The monoisotopic (exact) mass is 258 g/mol. The molecule has 0 aliphatic carbocycles. The number of anilines is 1. The summed E-state index contributed by atoms with van der Waals surface area (Å²) in [6.07, 6.45) is -2.64. The van der Waals surface area contributed by atoms with Gasteiger partial charge in [0.25, 0.3) is 6.43 Å². The van der Waals surface area contributed by atoms with Crippen LogP contribution >= 0.6 is 0 Å². The maximum absolute atomic E-state index is 12.1. The molecule has 0 aromatic heterocycles. The summed E-state index contributed by atoms with van der Waals surface area (Å²) in [7, 11) is 1.20. The summed E-state index contributed by atoms with van der Waals surface area (Å²) in [4.78, 5) is 23.2. The van der Waals surface area contributed by atoms with Crippen LogP contribution in [0.5, 0.6) is 0 Å². The van der Waals surface area contributed by atoms with Crippen molar-refractivity contribution in [1.82, 2.24) is 4.90 Å². The molecule has 0 fully saturated rings. The highest BCUT2D eigenvalue weighted by Gasteiger charge is 2.16. The van der Waals surface area contributed by atoms with Gasteiger partial charge < -0.3 is 15.3 Å². The van der Waals surface area contributed by atoms with Gasteiger partial charge in [-0.1, -0.05) is 12.1 Å². The van der Waals surface area contributed by atoms with Gasteiger partial charge in [-0.2, -0.15) is 0 Å². The summed E-state index contributed by atoms with van der Waals surface area (Å²) in [6.45, 7) is -0.721. The van der Waals surface area contributed by atoms with Crippen LogP contribution in [0.1, 0.15) is 10.4 Å². The lowest BCUT2D eigenvalue weighted by Crippen LogP contribution is -2.35. The van der Waals surface area contributed by atoms with E-state index in [2.05, 4.69) is 5.32 Å². The number of nitrogens with zero attached hydrogens (tertiary/aromatic N) is 1. The Labute approximate surface area is 102 Å². The van der Waals surface area contributed by atoms with E-state index in [1.165, 1.54) is 31.3 Å². The van der Waals surface area contributed by atoms with Crippen molar-refractivity contribution >= 4 is 17.7 Å². The molecule has 2 N–H and O–H groups in total. The maximum Gasteiger partial charge on any atom is 0.337 e. The Balaban J connectivity index is 2.79. The van der Waals surface area contributed by atoms with Crippen molar-refractivity contribution in [2.45, 2.75) is 6.43 Å². The molecular formula is C11H12F2N2O3. The molecule has 0 aliphatic heterocycles. The number of carbonyl (C=O) groups is 2. The molecule has 98 valence electrons. The number of aromatic carboxylic acids is 1. The van der Waals surface area contributed by atoms with Gasteiger partial charge in [-0.3, -0.25) is 0 Å². The zero-order valence-electron chi connectivity index (χ0n) is 9.56. The Bertz CT molecular complexity index is 452. The zero-order chi connectivity index (χ0) is 13.7. The normalized spacial score (nSPS) is 10.2. The van der Waals surface area contributed by atoms with Gasteiger partial charge in [-0.25, -0.2) is 18.4 Å². The molecule has 0 saturated heterocycles. The van der Waals surface area contributed by atoms with Crippen LogP contribution in [0.4, 0.5) is 19.3 Å². The number of hydrogen-bond donors (Lipinski definition) is 2. The highest BCUT2D eigenvalue weighted by atomic mass is 19.3. The Morgan fingerprint density at radius 2 is 2.00 bits per heavy atom. The van der Waals surface area contributed by atoms with Crippen LogP contribution < -0.4 is 5.32 Å². The second-order valence-corrected chi connectivity index (χ2v) is 3.55. The van der Waals surface area contributed by atoms with Crippen LogP contribution in [0.25, 0.3) is 0 Å². The first-order chi connectivity index (χ1) is 8.41. The van der Waals surface area contributed by atoms with Crippen LogP contribution in [0, 0.1) is 0 Å². The van der Waals surface area contributed by atoms with Crippen molar-refractivity contribution in [3.8, 4) is 0 Å². The number of para-hydroxylation sites is 1. The van der Waals surface area contributed by atoms with Crippen molar-refractivity contribution in [3.05, 3.63) is 29.8 Å². The molecule has 1 aromatic rings. The van der Waals surface area contributed by atoms with E-state index in [0.29, 0.717) is 0 Å². The molecule has 7 heteroatoms. The highest BCUT2D eigenvalue weighted by Crippen LogP contribution is 2.15. The number of carboxylic acid groups (broad SMARTS) is 1. The lowest BCUT2D eigenvalue weighted by molar-refractivity contribution is 0.0698. The molecule has 0 bridgehead atoms. The number of rotatable bonds is 4. The van der Waals surface area contributed by atoms with E-state index in [4.69, 9.17) is 5.11 Å². The van der Waals surface area contributed by atoms with E-state index in [1.54, 1.807) is 0 Å². The second kappa shape index (κ2) is 5.95. The average molecular weight is 258 g/mol. The molecule has 0 aliphatic rings. The summed E-state index contributed by atoms with van der Waals surface area (Å²) < 4.78 is 24.2. The number of amides is 2. The number of nitrogens with one attached hydrogen (secondary N) is 1. The van der Waals surface area contributed by atoms with E-state index in [0.717, 1.165) is 4.90 Å². The largest absolute Gasteiger partial charge is 0.478 e. The predicted molar refractivity (Wildman–Crippen MR) is 61.1 cm³/mol. The van der Waals surface area contributed by atoms with E-state index < -0.39 is 25.0 Å². The molecule has 0 spiro atoms. The number of alkyl halides is 2. The van der Waals surface area contributed by atoms with Gasteiger partial charge >= 0.3 is 12.0 Å². The van der Waals surface area contributed by atoms with Gasteiger partial charge in [0.15, 0.2) is 0 Å². The summed E-state index contributed by atoms with van der Waals surface area (Å²) in [5.74, 6) is -1.21. The highest BCUT2D eigenvalue weighted by molar-refractivity contribution is 5.99. The molecular weight excluding hydrogens is 246 g/mol. The minimum Gasteiger partial charge on any atom is -0.478 e. The second-order valence-electron chi connectivity index (χ2n) is 3.55. The van der Waals surface area contributed by atoms with Crippen molar-refractivity contribution in [3.63, 3.8) is 0 Å². The van der Waals surface area contributed by atoms with Crippen molar-refractivity contribution in [2.75, 3.05) is 18.9 Å². The maximum atomic E-state index is 12.1. The third-order valence-electron chi connectivity index (χ3n) is 2.16. The smallest absolute Gasteiger partial charge is 0.337 e. The number of halogens is 2. The van der Waals surface area contributed by atoms with Gasteiger partial charge in [-0.05, 0) is 12.1 Å². The number of carbonyl (C=O) groups excluding carboxylic acids is 1. The standard InChI is InChI=1S/C11H12F2N2O3/c1-15(6-9(12)13)11(18)14-8-5-3-2-4-7(8)10(16)17/h2-5,9H,6H2,1H3,(H,14,18)(H,16,17). The molecule has 0 radical (unpaired) electrons. The summed E-state index contributed by atoms with van der Waals surface area (Å²) in [5, 5.41) is 11.1. The number of hydrogen-bond acceptors (Lipinski definition) is 2. The molecule has 0 atom stereocenters. The van der Waals surface area contributed by atoms with E-state index in [1.807, 2.05) is 0 Å². The summed E-state index contributed by atoms with van der Waals surface area (Å²) >= 11 is 0. The van der Waals surface area contributed by atoms with Crippen LogP contribution in [0.15, 0.2) is 24.3 Å². The molecule has 2 amide bonds. The van der Waals surface area contributed by atoms with Crippen LogP contribution in [-0.2, 0) is 0 Å².